The molecular formula is C18H23NO2S2. The number of hydrogen-bond acceptors (Lipinski definition) is 4. The van der Waals surface area contributed by atoms with Crippen LogP contribution in [-0.2, 0) is 14.9 Å². The topological polar surface area (TPSA) is 38.3 Å². The summed E-state index contributed by atoms with van der Waals surface area (Å²) < 4.78 is 5.58. The number of ether oxygens (including phenoxy) is 1. The number of rotatable bonds is 6. The molecule has 1 amide bonds. The molecule has 2 heterocycles. The predicted octanol–water partition coefficient (Wildman–Crippen LogP) is 4.43. The van der Waals surface area contributed by atoms with Gasteiger partial charge in [-0.1, -0.05) is 18.9 Å². The Labute approximate surface area is 145 Å². The summed E-state index contributed by atoms with van der Waals surface area (Å²) in [5.74, 6) is 0.160. The van der Waals surface area contributed by atoms with Crippen molar-refractivity contribution in [3.63, 3.8) is 0 Å². The van der Waals surface area contributed by atoms with Gasteiger partial charge in [0, 0.05) is 28.3 Å². The average Bonchev–Trinajstić information content (AvgIpc) is 3.29. The van der Waals surface area contributed by atoms with E-state index >= 15 is 0 Å². The SMILES string of the molecule is COC(CNC(=O)C1(c2cccs2)CCCC1)c1ccc(C)s1. The fourth-order valence-corrected chi connectivity index (χ4v) is 5.33. The van der Waals surface area contributed by atoms with E-state index in [2.05, 4.69) is 35.8 Å². The zero-order chi connectivity index (χ0) is 16.3. The highest BCUT2D eigenvalue weighted by molar-refractivity contribution is 7.12. The molecule has 2 aromatic heterocycles. The maximum Gasteiger partial charge on any atom is 0.231 e. The molecule has 1 aliphatic carbocycles. The molecule has 0 saturated heterocycles. The average molecular weight is 350 g/mol. The lowest BCUT2D eigenvalue weighted by Crippen LogP contribution is -2.43. The fourth-order valence-electron chi connectivity index (χ4n) is 3.40. The molecule has 3 nitrogen and oxygen atoms in total. The van der Waals surface area contributed by atoms with E-state index in [-0.39, 0.29) is 17.4 Å². The van der Waals surface area contributed by atoms with Crippen LogP contribution in [-0.4, -0.2) is 19.6 Å². The first kappa shape index (κ1) is 16.7. The van der Waals surface area contributed by atoms with Crippen LogP contribution in [0.3, 0.4) is 0 Å². The lowest BCUT2D eigenvalue weighted by Gasteiger charge is -2.27. The van der Waals surface area contributed by atoms with E-state index in [1.807, 2.05) is 6.07 Å². The molecule has 1 N–H and O–H groups in total. The Morgan fingerprint density at radius 3 is 2.70 bits per heavy atom. The van der Waals surface area contributed by atoms with Gasteiger partial charge in [0.25, 0.3) is 0 Å². The van der Waals surface area contributed by atoms with Crippen molar-refractivity contribution in [3.05, 3.63) is 44.3 Å². The summed E-state index contributed by atoms with van der Waals surface area (Å²) in [6.45, 7) is 2.62. The van der Waals surface area contributed by atoms with Crippen molar-refractivity contribution in [3.8, 4) is 0 Å². The van der Waals surface area contributed by atoms with E-state index < -0.39 is 0 Å². The van der Waals surface area contributed by atoms with Crippen LogP contribution in [0.5, 0.6) is 0 Å². The summed E-state index contributed by atoms with van der Waals surface area (Å²) in [6, 6.07) is 8.33. The Kier molecular flexibility index (Phi) is 5.19. The second-order valence-corrected chi connectivity index (χ2v) is 8.42. The minimum Gasteiger partial charge on any atom is -0.374 e. The van der Waals surface area contributed by atoms with Crippen LogP contribution in [0.15, 0.2) is 29.6 Å². The Morgan fingerprint density at radius 2 is 2.13 bits per heavy atom. The van der Waals surface area contributed by atoms with Gasteiger partial charge in [-0.3, -0.25) is 4.79 Å². The summed E-state index contributed by atoms with van der Waals surface area (Å²) in [5.41, 5.74) is -0.322. The summed E-state index contributed by atoms with van der Waals surface area (Å²) in [6.07, 6.45) is 4.09. The maximum atomic E-state index is 13.0. The molecular weight excluding hydrogens is 326 g/mol. The Morgan fingerprint density at radius 1 is 1.35 bits per heavy atom. The molecule has 0 radical (unpaired) electrons. The number of methoxy groups -OCH3 is 1. The van der Waals surface area contributed by atoms with Gasteiger partial charge in [0.2, 0.25) is 5.91 Å². The smallest absolute Gasteiger partial charge is 0.231 e. The molecule has 3 rings (SSSR count). The van der Waals surface area contributed by atoms with Gasteiger partial charge in [0.15, 0.2) is 0 Å². The van der Waals surface area contributed by atoms with E-state index in [0.717, 1.165) is 25.7 Å². The number of amides is 1. The van der Waals surface area contributed by atoms with Gasteiger partial charge in [-0.25, -0.2) is 0 Å². The van der Waals surface area contributed by atoms with Gasteiger partial charge in [-0.2, -0.15) is 0 Å². The van der Waals surface area contributed by atoms with Crippen LogP contribution in [0.25, 0.3) is 0 Å². The van der Waals surface area contributed by atoms with Gasteiger partial charge in [-0.05, 0) is 43.3 Å². The number of aryl methyl sites for hydroxylation is 1. The highest BCUT2D eigenvalue weighted by atomic mass is 32.1. The molecule has 5 heteroatoms. The quantitative estimate of drug-likeness (QED) is 0.837. The molecule has 124 valence electrons. The largest absolute Gasteiger partial charge is 0.374 e. The summed E-state index contributed by atoms with van der Waals surface area (Å²) in [4.78, 5) is 16.6. The van der Waals surface area contributed by atoms with Gasteiger partial charge in [0.1, 0.15) is 6.10 Å². The number of nitrogens with one attached hydrogen (secondary N) is 1. The zero-order valence-electron chi connectivity index (χ0n) is 13.6. The number of hydrogen-bond donors (Lipinski definition) is 1. The van der Waals surface area contributed by atoms with Crippen molar-refractivity contribution in [2.24, 2.45) is 0 Å². The number of thiophene rings is 2. The molecule has 1 saturated carbocycles. The van der Waals surface area contributed by atoms with Crippen LogP contribution < -0.4 is 5.32 Å². The summed E-state index contributed by atoms with van der Waals surface area (Å²) in [5, 5.41) is 5.23. The number of carbonyl (C=O) groups excluding carboxylic acids is 1. The minimum atomic E-state index is -0.322. The van der Waals surface area contributed by atoms with Crippen LogP contribution in [0.4, 0.5) is 0 Å². The molecule has 1 unspecified atom stereocenters. The molecule has 0 aliphatic heterocycles. The lowest BCUT2D eigenvalue weighted by molar-refractivity contribution is -0.127. The summed E-state index contributed by atoms with van der Waals surface area (Å²) >= 11 is 3.42. The van der Waals surface area contributed by atoms with E-state index in [4.69, 9.17) is 4.74 Å². The maximum absolute atomic E-state index is 13.0. The minimum absolute atomic E-state index is 0.0700. The molecule has 2 aromatic rings. The van der Waals surface area contributed by atoms with Crippen molar-refractivity contribution in [2.75, 3.05) is 13.7 Å². The van der Waals surface area contributed by atoms with Crippen LogP contribution in [0.2, 0.25) is 0 Å². The normalized spacial score (nSPS) is 18.0. The van der Waals surface area contributed by atoms with Crippen molar-refractivity contribution in [1.29, 1.82) is 0 Å². The predicted molar refractivity (Wildman–Crippen MR) is 96.3 cm³/mol. The van der Waals surface area contributed by atoms with Crippen molar-refractivity contribution < 1.29 is 9.53 Å². The van der Waals surface area contributed by atoms with Gasteiger partial charge in [-0.15, -0.1) is 22.7 Å². The fraction of sp³-hybridized carbons (Fsp3) is 0.500. The Balaban J connectivity index is 1.70. The van der Waals surface area contributed by atoms with Gasteiger partial charge < -0.3 is 10.1 Å². The lowest BCUT2D eigenvalue weighted by atomic mass is 9.83. The Hall–Kier alpha value is -1.17. The third-order valence-corrected chi connectivity index (χ3v) is 6.86. The molecule has 1 fully saturated rings. The van der Waals surface area contributed by atoms with Crippen molar-refractivity contribution in [2.45, 2.75) is 44.1 Å². The second kappa shape index (κ2) is 7.16. The highest BCUT2D eigenvalue weighted by Gasteiger charge is 2.43. The standard InChI is InChI=1S/C18H23NO2S2/c1-13-7-8-15(23-13)14(21-2)12-19-17(20)18(9-3-4-10-18)16-6-5-11-22-16/h5-8,11,14H,3-4,9-10,12H2,1-2H3,(H,19,20). The first-order valence-corrected chi connectivity index (χ1v) is 9.77. The molecule has 23 heavy (non-hydrogen) atoms. The molecule has 1 atom stereocenters. The summed E-state index contributed by atoms with van der Waals surface area (Å²) in [7, 11) is 1.70. The first-order valence-electron chi connectivity index (χ1n) is 8.07. The monoisotopic (exact) mass is 349 g/mol. The van der Waals surface area contributed by atoms with Crippen LogP contribution in [0.1, 0.15) is 46.4 Å². The van der Waals surface area contributed by atoms with Crippen LogP contribution >= 0.6 is 22.7 Å². The molecule has 0 spiro atoms. The highest BCUT2D eigenvalue weighted by Crippen LogP contribution is 2.43. The van der Waals surface area contributed by atoms with Crippen molar-refractivity contribution >= 4 is 28.6 Å². The number of carbonyl (C=O) groups is 1. The van der Waals surface area contributed by atoms with Gasteiger partial charge in [0.05, 0.1) is 5.41 Å². The van der Waals surface area contributed by atoms with E-state index in [1.54, 1.807) is 29.8 Å². The van der Waals surface area contributed by atoms with E-state index in [1.165, 1.54) is 14.6 Å². The van der Waals surface area contributed by atoms with Gasteiger partial charge >= 0.3 is 0 Å². The Bertz CT molecular complexity index is 642. The second-order valence-electron chi connectivity index (χ2n) is 6.15. The third kappa shape index (κ3) is 3.37. The van der Waals surface area contributed by atoms with E-state index in [0.29, 0.717) is 6.54 Å². The van der Waals surface area contributed by atoms with Crippen molar-refractivity contribution in [1.82, 2.24) is 5.32 Å². The molecule has 0 bridgehead atoms. The molecule has 1 aliphatic rings. The van der Waals surface area contributed by atoms with E-state index in [9.17, 15) is 4.79 Å². The van der Waals surface area contributed by atoms with Crippen LogP contribution in [0, 0.1) is 6.92 Å². The first-order chi connectivity index (χ1) is 11.2. The third-order valence-electron chi connectivity index (χ3n) is 4.70. The molecule has 0 aromatic carbocycles. The zero-order valence-corrected chi connectivity index (χ0v) is 15.3.